The van der Waals surface area contributed by atoms with Gasteiger partial charge in [-0.05, 0) is 30.4 Å². The molecule has 5 nitrogen and oxygen atoms in total. The molecule has 0 fully saturated rings. The highest BCUT2D eigenvalue weighted by Crippen LogP contribution is 2.25. The summed E-state index contributed by atoms with van der Waals surface area (Å²) in [4.78, 5) is 0. The van der Waals surface area contributed by atoms with Crippen molar-refractivity contribution in [3.05, 3.63) is 52.1 Å². The summed E-state index contributed by atoms with van der Waals surface area (Å²) in [5, 5.41) is 22.6. The molecule has 0 saturated heterocycles. The lowest BCUT2D eigenvalue weighted by Gasteiger charge is -2.21. The van der Waals surface area contributed by atoms with E-state index in [4.69, 9.17) is 10.1 Å². The van der Waals surface area contributed by atoms with Crippen LogP contribution in [0, 0.1) is 16.7 Å². The van der Waals surface area contributed by atoms with Gasteiger partial charge in [0.2, 0.25) is 0 Å². The molecule has 118 valence electrons. The van der Waals surface area contributed by atoms with Gasteiger partial charge in [0.25, 0.3) is 0 Å². The monoisotopic (exact) mass is 308 g/mol. The number of nitrogens with one attached hydrogen (secondary N) is 1. The maximum absolute atomic E-state index is 9.52. The lowest BCUT2D eigenvalue weighted by molar-refractivity contribution is 0.105. The minimum Gasteiger partial charge on any atom is -0.375 e. The molecule has 0 spiro atoms. The molecule has 1 N–H and O–H groups in total. The van der Waals surface area contributed by atoms with Crippen LogP contribution in [0.15, 0.2) is 24.3 Å². The van der Waals surface area contributed by atoms with Gasteiger partial charge in [0.05, 0.1) is 24.6 Å². The Hall–Kier alpha value is -2.45. The van der Waals surface area contributed by atoms with E-state index in [1.807, 2.05) is 18.2 Å². The highest BCUT2D eigenvalue weighted by Gasteiger charge is 2.21. The summed E-state index contributed by atoms with van der Waals surface area (Å²) in [5.41, 5.74) is 4.21. The SMILES string of the molecule is CCC(C)c1ccccc1-n1nc2c(c(C#N)c1=N)CCOC2. The number of hydrogen-bond acceptors (Lipinski definition) is 4. The first-order chi connectivity index (χ1) is 11.2. The molecule has 1 aromatic carbocycles. The van der Waals surface area contributed by atoms with Gasteiger partial charge in [-0.2, -0.15) is 10.4 Å². The summed E-state index contributed by atoms with van der Waals surface area (Å²) in [6.07, 6.45) is 1.65. The van der Waals surface area contributed by atoms with E-state index in [1.54, 1.807) is 4.68 Å². The molecule has 0 amide bonds. The first kappa shape index (κ1) is 15.4. The van der Waals surface area contributed by atoms with E-state index < -0.39 is 0 Å². The summed E-state index contributed by atoms with van der Waals surface area (Å²) < 4.78 is 7.07. The van der Waals surface area contributed by atoms with Crippen molar-refractivity contribution in [3.63, 3.8) is 0 Å². The Morgan fingerprint density at radius 3 is 2.96 bits per heavy atom. The molecule has 1 atom stereocenters. The number of rotatable bonds is 3. The second kappa shape index (κ2) is 6.35. The largest absolute Gasteiger partial charge is 0.375 e. The molecular formula is C18H20N4O. The molecule has 0 bridgehead atoms. The molecule has 1 unspecified atom stereocenters. The molecule has 2 aromatic rings. The Morgan fingerprint density at radius 1 is 1.43 bits per heavy atom. The van der Waals surface area contributed by atoms with Gasteiger partial charge in [0.15, 0.2) is 5.49 Å². The van der Waals surface area contributed by atoms with Crippen LogP contribution in [-0.2, 0) is 17.8 Å². The van der Waals surface area contributed by atoms with Gasteiger partial charge in [-0.15, -0.1) is 0 Å². The van der Waals surface area contributed by atoms with Crippen LogP contribution in [0.4, 0.5) is 0 Å². The van der Waals surface area contributed by atoms with Crippen LogP contribution in [0.2, 0.25) is 0 Å². The minimum atomic E-state index is 0.156. The van der Waals surface area contributed by atoms with Gasteiger partial charge >= 0.3 is 0 Å². The molecule has 5 heteroatoms. The number of nitriles is 1. The van der Waals surface area contributed by atoms with E-state index in [0.717, 1.165) is 28.9 Å². The lowest BCUT2D eigenvalue weighted by Crippen LogP contribution is -2.31. The Morgan fingerprint density at radius 2 is 2.22 bits per heavy atom. The van der Waals surface area contributed by atoms with Crippen LogP contribution in [0.25, 0.3) is 5.69 Å². The highest BCUT2D eigenvalue weighted by atomic mass is 16.5. The Labute approximate surface area is 135 Å². The average molecular weight is 308 g/mol. The average Bonchev–Trinajstić information content (AvgIpc) is 2.60. The smallest absolute Gasteiger partial charge is 0.165 e. The van der Waals surface area contributed by atoms with Crippen molar-refractivity contribution in [3.8, 4) is 11.8 Å². The van der Waals surface area contributed by atoms with Crippen LogP contribution in [0.3, 0.4) is 0 Å². The molecule has 1 aliphatic heterocycles. The Balaban J connectivity index is 2.27. The molecule has 0 saturated carbocycles. The summed E-state index contributed by atoms with van der Waals surface area (Å²) >= 11 is 0. The zero-order valence-corrected chi connectivity index (χ0v) is 13.5. The van der Waals surface area contributed by atoms with Gasteiger partial charge in [-0.25, -0.2) is 4.68 Å². The minimum absolute atomic E-state index is 0.156. The quantitative estimate of drug-likeness (QED) is 0.947. The molecule has 23 heavy (non-hydrogen) atoms. The fourth-order valence-electron chi connectivity index (χ4n) is 2.96. The standard InChI is InChI=1S/C18H20N4O/c1-3-12(2)13-6-4-5-7-17(13)22-18(20)15(10-19)14-8-9-23-11-16(14)21-22/h4-7,12,20H,3,8-9,11H2,1-2H3. The first-order valence-electron chi connectivity index (χ1n) is 7.94. The molecular weight excluding hydrogens is 288 g/mol. The summed E-state index contributed by atoms with van der Waals surface area (Å²) in [5.74, 6) is 0.359. The van der Waals surface area contributed by atoms with Gasteiger partial charge < -0.3 is 4.74 Å². The maximum atomic E-state index is 9.52. The Bertz CT molecular complexity index is 832. The summed E-state index contributed by atoms with van der Waals surface area (Å²) in [6.45, 7) is 5.28. The molecule has 1 aromatic heterocycles. The number of aromatic nitrogens is 2. The van der Waals surface area contributed by atoms with Gasteiger partial charge in [-0.1, -0.05) is 32.0 Å². The van der Waals surface area contributed by atoms with Crippen LogP contribution in [0.1, 0.15) is 48.6 Å². The third-order valence-corrected chi connectivity index (χ3v) is 4.47. The zero-order chi connectivity index (χ0) is 16.4. The van der Waals surface area contributed by atoms with E-state index in [9.17, 15) is 5.26 Å². The van der Waals surface area contributed by atoms with Gasteiger partial charge in [0.1, 0.15) is 11.6 Å². The molecule has 2 heterocycles. The number of fused-ring (bicyclic) bond motifs is 1. The fourth-order valence-corrected chi connectivity index (χ4v) is 2.96. The van der Waals surface area contributed by atoms with Crippen LogP contribution in [-0.4, -0.2) is 16.4 Å². The van der Waals surface area contributed by atoms with E-state index in [1.165, 1.54) is 0 Å². The van der Waals surface area contributed by atoms with Crippen molar-refractivity contribution in [2.75, 3.05) is 6.61 Å². The van der Waals surface area contributed by atoms with Gasteiger partial charge in [0, 0.05) is 5.56 Å². The van der Waals surface area contributed by atoms with E-state index in [2.05, 4.69) is 31.1 Å². The van der Waals surface area contributed by atoms with E-state index in [0.29, 0.717) is 31.1 Å². The first-order valence-corrected chi connectivity index (χ1v) is 7.94. The number of ether oxygens (including phenoxy) is 1. The highest BCUT2D eigenvalue weighted by molar-refractivity contribution is 5.45. The van der Waals surface area contributed by atoms with Crippen molar-refractivity contribution in [1.29, 1.82) is 10.7 Å². The summed E-state index contributed by atoms with van der Waals surface area (Å²) in [6, 6.07) is 10.2. The van der Waals surface area contributed by atoms with Crippen LogP contribution >= 0.6 is 0 Å². The molecule has 0 aliphatic carbocycles. The molecule has 0 radical (unpaired) electrons. The number of benzene rings is 1. The predicted octanol–water partition coefficient (Wildman–Crippen LogP) is 2.81. The molecule has 1 aliphatic rings. The number of para-hydroxylation sites is 1. The second-order valence-corrected chi connectivity index (χ2v) is 5.84. The van der Waals surface area contributed by atoms with Crippen LogP contribution < -0.4 is 5.49 Å². The number of nitrogens with zero attached hydrogens (tertiary/aromatic N) is 3. The van der Waals surface area contributed by atoms with Crippen LogP contribution in [0.5, 0.6) is 0 Å². The fraction of sp³-hybridized carbons (Fsp3) is 0.389. The zero-order valence-electron chi connectivity index (χ0n) is 13.5. The van der Waals surface area contributed by atoms with E-state index in [-0.39, 0.29) is 5.49 Å². The van der Waals surface area contributed by atoms with Crippen molar-refractivity contribution in [2.45, 2.75) is 39.2 Å². The maximum Gasteiger partial charge on any atom is 0.165 e. The summed E-state index contributed by atoms with van der Waals surface area (Å²) in [7, 11) is 0. The van der Waals surface area contributed by atoms with Gasteiger partial charge in [-0.3, -0.25) is 5.41 Å². The normalized spacial score (nSPS) is 14.8. The Kier molecular flexibility index (Phi) is 4.26. The predicted molar refractivity (Wildman–Crippen MR) is 86.2 cm³/mol. The third kappa shape index (κ3) is 2.66. The second-order valence-electron chi connectivity index (χ2n) is 5.84. The third-order valence-electron chi connectivity index (χ3n) is 4.47. The lowest BCUT2D eigenvalue weighted by atomic mass is 9.96. The van der Waals surface area contributed by atoms with Crippen molar-refractivity contribution in [1.82, 2.24) is 9.78 Å². The topological polar surface area (TPSA) is 74.7 Å². The van der Waals surface area contributed by atoms with E-state index >= 15 is 0 Å². The van der Waals surface area contributed by atoms with Crippen molar-refractivity contribution < 1.29 is 4.74 Å². The van der Waals surface area contributed by atoms with Crippen molar-refractivity contribution in [2.24, 2.45) is 0 Å². The number of hydrogen-bond donors (Lipinski definition) is 1. The van der Waals surface area contributed by atoms with Crippen molar-refractivity contribution >= 4 is 0 Å². The molecule has 3 rings (SSSR count).